The Labute approximate surface area is 113 Å². The summed E-state index contributed by atoms with van der Waals surface area (Å²) in [5, 5.41) is 13.1. The maximum Gasteiger partial charge on any atom is 0.163 e. The SMILES string of the molecule is CC(C)OCC1(C)CC(c2cccc(C#N)c2)=NO1. The highest BCUT2D eigenvalue weighted by Crippen LogP contribution is 2.27. The van der Waals surface area contributed by atoms with Gasteiger partial charge in [0.25, 0.3) is 0 Å². The van der Waals surface area contributed by atoms with Gasteiger partial charge < -0.3 is 9.57 Å². The van der Waals surface area contributed by atoms with Crippen LogP contribution in [0.25, 0.3) is 0 Å². The second kappa shape index (κ2) is 5.41. The second-order valence-electron chi connectivity index (χ2n) is 5.31. The van der Waals surface area contributed by atoms with E-state index >= 15 is 0 Å². The van der Waals surface area contributed by atoms with E-state index < -0.39 is 5.60 Å². The molecule has 4 heteroatoms. The zero-order valence-electron chi connectivity index (χ0n) is 11.5. The van der Waals surface area contributed by atoms with Gasteiger partial charge in [-0.05, 0) is 32.9 Å². The predicted molar refractivity (Wildman–Crippen MR) is 72.9 cm³/mol. The highest BCUT2D eigenvalue weighted by molar-refractivity contribution is 6.01. The summed E-state index contributed by atoms with van der Waals surface area (Å²) < 4.78 is 5.61. The molecule has 0 aromatic heterocycles. The maximum atomic E-state index is 8.91. The number of ether oxygens (including phenoxy) is 1. The summed E-state index contributed by atoms with van der Waals surface area (Å²) in [6.07, 6.45) is 0.862. The Morgan fingerprint density at radius 1 is 1.53 bits per heavy atom. The van der Waals surface area contributed by atoms with Crippen molar-refractivity contribution < 1.29 is 9.57 Å². The molecule has 19 heavy (non-hydrogen) atoms. The van der Waals surface area contributed by atoms with Crippen molar-refractivity contribution >= 4 is 5.71 Å². The Morgan fingerprint density at radius 3 is 3.00 bits per heavy atom. The molecule has 0 saturated carbocycles. The van der Waals surface area contributed by atoms with Gasteiger partial charge in [-0.25, -0.2) is 0 Å². The van der Waals surface area contributed by atoms with Crippen LogP contribution in [0.4, 0.5) is 0 Å². The topological polar surface area (TPSA) is 54.6 Å². The fraction of sp³-hybridized carbons (Fsp3) is 0.467. The van der Waals surface area contributed by atoms with Crippen LogP contribution in [-0.2, 0) is 9.57 Å². The van der Waals surface area contributed by atoms with Crippen molar-refractivity contribution in [1.29, 1.82) is 5.26 Å². The number of nitriles is 1. The van der Waals surface area contributed by atoms with Gasteiger partial charge in [0.1, 0.15) is 0 Å². The van der Waals surface area contributed by atoms with Crippen LogP contribution >= 0.6 is 0 Å². The normalized spacial score (nSPS) is 21.9. The van der Waals surface area contributed by atoms with Gasteiger partial charge in [0.15, 0.2) is 5.60 Å². The van der Waals surface area contributed by atoms with Crippen molar-refractivity contribution in [3.63, 3.8) is 0 Å². The molecule has 1 aliphatic heterocycles. The summed E-state index contributed by atoms with van der Waals surface area (Å²) in [5.41, 5.74) is 2.02. The number of hydrogen-bond acceptors (Lipinski definition) is 4. The number of nitrogens with zero attached hydrogens (tertiary/aromatic N) is 2. The number of hydrogen-bond donors (Lipinski definition) is 0. The van der Waals surface area contributed by atoms with Crippen LogP contribution in [0, 0.1) is 11.3 Å². The van der Waals surface area contributed by atoms with E-state index in [9.17, 15) is 0 Å². The van der Waals surface area contributed by atoms with E-state index in [1.165, 1.54) is 0 Å². The fourth-order valence-electron chi connectivity index (χ4n) is 1.93. The van der Waals surface area contributed by atoms with Crippen molar-refractivity contribution in [2.45, 2.75) is 38.9 Å². The van der Waals surface area contributed by atoms with Crippen molar-refractivity contribution in [1.82, 2.24) is 0 Å². The summed E-state index contributed by atoms with van der Waals surface area (Å²) in [6, 6.07) is 9.54. The minimum absolute atomic E-state index is 0.173. The van der Waals surface area contributed by atoms with Crippen LogP contribution < -0.4 is 0 Å². The number of benzene rings is 1. The first-order valence-corrected chi connectivity index (χ1v) is 6.40. The Bertz CT molecular complexity index is 531. The maximum absolute atomic E-state index is 8.91. The molecule has 0 aliphatic carbocycles. The molecular weight excluding hydrogens is 240 g/mol. The molecule has 1 heterocycles. The quantitative estimate of drug-likeness (QED) is 0.834. The first kappa shape index (κ1) is 13.6. The number of rotatable bonds is 4. The number of oxime groups is 1. The minimum atomic E-state index is -0.414. The summed E-state index contributed by atoms with van der Waals surface area (Å²) in [6.45, 7) is 6.49. The van der Waals surface area contributed by atoms with Gasteiger partial charge in [-0.3, -0.25) is 0 Å². The molecule has 0 radical (unpaired) electrons. The molecule has 0 amide bonds. The average molecular weight is 258 g/mol. The molecular formula is C15H18N2O2. The molecule has 1 aromatic carbocycles. The predicted octanol–water partition coefficient (Wildman–Crippen LogP) is 2.87. The molecule has 1 aromatic rings. The van der Waals surface area contributed by atoms with Gasteiger partial charge in [-0.15, -0.1) is 0 Å². The Kier molecular flexibility index (Phi) is 3.87. The van der Waals surface area contributed by atoms with Crippen LogP contribution in [0.3, 0.4) is 0 Å². The molecule has 100 valence electrons. The van der Waals surface area contributed by atoms with Crippen LogP contribution in [0.1, 0.15) is 38.3 Å². The second-order valence-corrected chi connectivity index (χ2v) is 5.31. The molecule has 1 atom stereocenters. The van der Waals surface area contributed by atoms with E-state index in [2.05, 4.69) is 11.2 Å². The molecule has 0 N–H and O–H groups in total. The lowest BCUT2D eigenvalue weighted by Crippen LogP contribution is -2.32. The van der Waals surface area contributed by atoms with Crippen molar-refractivity contribution in [2.75, 3.05) is 6.61 Å². The standard InChI is InChI=1S/C15H18N2O2/c1-11(2)18-10-15(3)8-14(17-19-15)13-6-4-5-12(7-13)9-16/h4-7,11H,8,10H2,1-3H3. The van der Waals surface area contributed by atoms with Gasteiger partial charge in [0, 0.05) is 12.0 Å². The fourth-order valence-corrected chi connectivity index (χ4v) is 1.93. The van der Waals surface area contributed by atoms with Crippen LogP contribution in [0.2, 0.25) is 0 Å². The van der Waals surface area contributed by atoms with E-state index in [0.29, 0.717) is 18.6 Å². The van der Waals surface area contributed by atoms with Crippen molar-refractivity contribution in [3.8, 4) is 6.07 Å². The third-order valence-corrected chi connectivity index (χ3v) is 2.96. The van der Waals surface area contributed by atoms with Gasteiger partial charge >= 0.3 is 0 Å². The molecule has 1 unspecified atom stereocenters. The first-order chi connectivity index (χ1) is 9.02. The van der Waals surface area contributed by atoms with E-state index in [4.69, 9.17) is 14.8 Å². The molecule has 0 fully saturated rings. The largest absolute Gasteiger partial charge is 0.386 e. The third-order valence-electron chi connectivity index (χ3n) is 2.96. The van der Waals surface area contributed by atoms with Gasteiger partial charge in [0.05, 0.1) is 30.1 Å². The minimum Gasteiger partial charge on any atom is -0.386 e. The van der Waals surface area contributed by atoms with Crippen LogP contribution in [-0.4, -0.2) is 24.0 Å². The highest BCUT2D eigenvalue weighted by atomic mass is 16.7. The highest BCUT2D eigenvalue weighted by Gasteiger charge is 2.35. The Hall–Kier alpha value is -1.86. The van der Waals surface area contributed by atoms with E-state index in [1.807, 2.05) is 39.0 Å². The summed E-state index contributed by atoms with van der Waals surface area (Å²) >= 11 is 0. The monoisotopic (exact) mass is 258 g/mol. The zero-order chi connectivity index (χ0) is 13.9. The summed E-state index contributed by atoms with van der Waals surface area (Å²) in [7, 11) is 0. The lowest BCUT2D eigenvalue weighted by Gasteiger charge is -2.22. The lowest BCUT2D eigenvalue weighted by molar-refractivity contribution is -0.0808. The Morgan fingerprint density at radius 2 is 2.32 bits per heavy atom. The van der Waals surface area contributed by atoms with Crippen molar-refractivity contribution in [3.05, 3.63) is 35.4 Å². The molecule has 1 aliphatic rings. The van der Waals surface area contributed by atoms with E-state index in [1.54, 1.807) is 6.07 Å². The molecule has 2 rings (SSSR count). The Balaban J connectivity index is 2.06. The van der Waals surface area contributed by atoms with Gasteiger partial charge in [0.2, 0.25) is 0 Å². The third kappa shape index (κ3) is 3.33. The van der Waals surface area contributed by atoms with Gasteiger partial charge in [-0.2, -0.15) is 5.26 Å². The van der Waals surface area contributed by atoms with E-state index in [-0.39, 0.29) is 6.10 Å². The van der Waals surface area contributed by atoms with Gasteiger partial charge in [-0.1, -0.05) is 17.3 Å². The average Bonchev–Trinajstić information content (AvgIpc) is 2.80. The summed E-state index contributed by atoms with van der Waals surface area (Å²) in [5.74, 6) is 0. The lowest BCUT2D eigenvalue weighted by atomic mass is 9.96. The van der Waals surface area contributed by atoms with Crippen LogP contribution in [0.15, 0.2) is 29.4 Å². The smallest absolute Gasteiger partial charge is 0.163 e. The van der Waals surface area contributed by atoms with E-state index in [0.717, 1.165) is 11.3 Å². The molecule has 0 saturated heterocycles. The zero-order valence-corrected chi connectivity index (χ0v) is 11.5. The van der Waals surface area contributed by atoms with Crippen LogP contribution in [0.5, 0.6) is 0 Å². The summed E-state index contributed by atoms with van der Waals surface area (Å²) in [4.78, 5) is 5.51. The van der Waals surface area contributed by atoms with Crippen molar-refractivity contribution in [2.24, 2.45) is 5.16 Å². The molecule has 0 bridgehead atoms. The molecule has 0 spiro atoms. The molecule has 4 nitrogen and oxygen atoms in total. The first-order valence-electron chi connectivity index (χ1n) is 6.40.